The van der Waals surface area contributed by atoms with E-state index in [2.05, 4.69) is 37.6 Å². The van der Waals surface area contributed by atoms with Crippen molar-refractivity contribution < 1.29 is 14.6 Å². The molecule has 5 nitrogen and oxygen atoms in total. The van der Waals surface area contributed by atoms with Crippen LogP contribution in [0.25, 0.3) is 0 Å². The molecular weight excluding hydrogens is 232 g/mol. The van der Waals surface area contributed by atoms with Crippen LogP contribution in [0.5, 0.6) is 0 Å². The number of likely N-dealkylation sites (N-methyl/N-ethyl adjacent to an activating group) is 1. The zero-order valence-corrected chi connectivity index (χ0v) is 12.0. The minimum Gasteiger partial charge on any atom is -0.481 e. The number of hydrogen-bond acceptors (Lipinski definition) is 4. The predicted molar refractivity (Wildman–Crippen MR) is 70.8 cm³/mol. The Kier molecular flexibility index (Phi) is 5.56. The van der Waals surface area contributed by atoms with Gasteiger partial charge in [0.25, 0.3) is 0 Å². The van der Waals surface area contributed by atoms with E-state index in [9.17, 15) is 4.79 Å². The molecule has 1 aliphatic rings. The molecule has 0 radical (unpaired) electrons. The fourth-order valence-corrected chi connectivity index (χ4v) is 2.15. The van der Waals surface area contributed by atoms with Crippen molar-refractivity contribution in [3.05, 3.63) is 0 Å². The number of carboxylic acid groups (broad SMARTS) is 1. The van der Waals surface area contributed by atoms with Gasteiger partial charge in [-0.25, -0.2) is 0 Å². The summed E-state index contributed by atoms with van der Waals surface area (Å²) in [7, 11) is 2.09. The third-order valence-electron chi connectivity index (χ3n) is 3.31. The highest BCUT2D eigenvalue weighted by molar-refractivity contribution is 5.66. The minimum atomic E-state index is -0.745. The van der Waals surface area contributed by atoms with Crippen LogP contribution in [0.1, 0.15) is 27.2 Å². The van der Waals surface area contributed by atoms with Crippen LogP contribution >= 0.6 is 0 Å². The molecule has 1 rings (SSSR count). The van der Waals surface area contributed by atoms with E-state index in [0.717, 1.165) is 26.2 Å². The van der Waals surface area contributed by atoms with E-state index in [0.29, 0.717) is 6.54 Å². The molecule has 1 saturated heterocycles. The van der Waals surface area contributed by atoms with Gasteiger partial charge in [0.05, 0.1) is 19.1 Å². The van der Waals surface area contributed by atoms with Crippen LogP contribution in [-0.4, -0.2) is 72.4 Å². The van der Waals surface area contributed by atoms with Crippen molar-refractivity contribution >= 4 is 5.97 Å². The molecule has 106 valence electrons. The molecule has 1 fully saturated rings. The smallest absolute Gasteiger partial charge is 0.304 e. The van der Waals surface area contributed by atoms with Crippen LogP contribution in [0.15, 0.2) is 0 Å². The number of morpholine rings is 1. The van der Waals surface area contributed by atoms with Gasteiger partial charge in [-0.3, -0.25) is 9.69 Å². The van der Waals surface area contributed by atoms with Gasteiger partial charge in [-0.15, -0.1) is 0 Å². The molecule has 1 atom stereocenters. The maximum Gasteiger partial charge on any atom is 0.304 e. The number of hydrogen-bond donors (Lipinski definition) is 1. The Bertz CT molecular complexity index is 276. The van der Waals surface area contributed by atoms with E-state index < -0.39 is 5.97 Å². The Balaban J connectivity index is 2.52. The van der Waals surface area contributed by atoms with Gasteiger partial charge in [0.2, 0.25) is 0 Å². The molecule has 1 unspecified atom stereocenters. The van der Waals surface area contributed by atoms with E-state index in [1.165, 1.54) is 0 Å². The third kappa shape index (κ3) is 5.33. The lowest BCUT2D eigenvalue weighted by atomic mass is 10.0. The molecule has 1 N–H and O–H groups in total. The second-order valence-corrected chi connectivity index (χ2v) is 6.02. The number of rotatable bonds is 5. The highest BCUT2D eigenvalue weighted by atomic mass is 16.5. The molecule has 5 heteroatoms. The first-order chi connectivity index (χ1) is 8.29. The second kappa shape index (κ2) is 6.50. The van der Waals surface area contributed by atoms with Gasteiger partial charge in [0.1, 0.15) is 0 Å². The average Bonchev–Trinajstić information content (AvgIpc) is 2.22. The third-order valence-corrected chi connectivity index (χ3v) is 3.31. The van der Waals surface area contributed by atoms with Gasteiger partial charge < -0.3 is 14.7 Å². The maximum atomic E-state index is 10.7. The molecule has 0 amide bonds. The second-order valence-electron chi connectivity index (χ2n) is 6.02. The van der Waals surface area contributed by atoms with Gasteiger partial charge in [-0.1, -0.05) is 0 Å². The topological polar surface area (TPSA) is 53.0 Å². The van der Waals surface area contributed by atoms with Gasteiger partial charge in [-0.05, 0) is 27.8 Å². The van der Waals surface area contributed by atoms with Gasteiger partial charge in [0.15, 0.2) is 0 Å². The quantitative estimate of drug-likeness (QED) is 0.794. The molecular formula is C13H26N2O3. The van der Waals surface area contributed by atoms with E-state index in [4.69, 9.17) is 9.84 Å². The minimum absolute atomic E-state index is 0.0329. The Labute approximate surface area is 110 Å². The number of carboxylic acids is 1. The van der Waals surface area contributed by atoms with Crippen LogP contribution in [0.2, 0.25) is 0 Å². The first-order valence-electron chi connectivity index (χ1n) is 6.56. The molecule has 18 heavy (non-hydrogen) atoms. The first-order valence-corrected chi connectivity index (χ1v) is 6.56. The van der Waals surface area contributed by atoms with Crippen molar-refractivity contribution in [2.24, 2.45) is 0 Å². The summed E-state index contributed by atoms with van der Waals surface area (Å²) in [6.45, 7) is 10.4. The lowest BCUT2D eigenvalue weighted by molar-refractivity contribution is -0.138. The lowest BCUT2D eigenvalue weighted by Gasteiger charge is -2.40. The van der Waals surface area contributed by atoms with Crippen molar-refractivity contribution in [1.29, 1.82) is 0 Å². The highest BCUT2D eigenvalue weighted by Gasteiger charge is 2.27. The SMILES string of the molecule is CN1CCOC(CN(CCC(=O)O)C(C)(C)C)C1. The Hall–Kier alpha value is -0.650. The Morgan fingerprint density at radius 3 is 2.67 bits per heavy atom. The Morgan fingerprint density at radius 1 is 1.50 bits per heavy atom. The fraction of sp³-hybridized carbons (Fsp3) is 0.923. The molecule has 0 spiro atoms. The molecule has 0 bridgehead atoms. The normalized spacial score (nSPS) is 22.4. The Morgan fingerprint density at radius 2 is 2.17 bits per heavy atom. The van der Waals surface area contributed by atoms with Crippen molar-refractivity contribution in [3.63, 3.8) is 0 Å². The van der Waals surface area contributed by atoms with Crippen LogP contribution in [0.3, 0.4) is 0 Å². The number of nitrogens with zero attached hydrogens (tertiary/aromatic N) is 2. The summed E-state index contributed by atoms with van der Waals surface area (Å²) in [4.78, 5) is 15.2. The summed E-state index contributed by atoms with van der Waals surface area (Å²) in [5, 5.41) is 8.81. The molecule has 0 saturated carbocycles. The standard InChI is InChI=1S/C13H26N2O3/c1-13(2,3)15(6-5-12(16)17)10-11-9-14(4)7-8-18-11/h11H,5-10H2,1-4H3,(H,16,17). The van der Waals surface area contributed by atoms with E-state index in [1.807, 2.05) is 0 Å². The van der Waals surface area contributed by atoms with Gasteiger partial charge in [-0.2, -0.15) is 0 Å². The monoisotopic (exact) mass is 258 g/mol. The average molecular weight is 258 g/mol. The van der Waals surface area contributed by atoms with Crippen molar-refractivity contribution in [2.75, 3.05) is 39.8 Å². The molecule has 0 aromatic carbocycles. The number of aliphatic carboxylic acids is 1. The fourth-order valence-electron chi connectivity index (χ4n) is 2.15. The summed E-state index contributed by atoms with van der Waals surface area (Å²) in [5.74, 6) is -0.745. The lowest BCUT2D eigenvalue weighted by Crippen LogP contribution is -2.51. The molecule has 1 aliphatic heterocycles. The van der Waals surface area contributed by atoms with Crippen LogP contribution in [0.4, 0.5) is 0 Å². The first kappa shape index (κ1) is 15.4. The van der Waals surface area contributed by atoms with E-state index >= 15 is 0 Å². The molecule has 0 aromatic heterocycles. The molecule has 0 aliphatic carbocycles. The summed E-state index contributed by atoms with van der Waals surface area (Å²) >= 11 is 0. The van der Waals surface area contributed by atoms with Crippen molar-refractivity contribution in [2.45, 2.75) is 38.8 Å². The molecule has 0 aromatic rings. The number of ether oxygens (including phenoxy) is 1. The highest BCUT2D eigenvalue weighted by Crippen LogP contribution is 2.16. The summed E-state index contributed by atoms with van der Waals surface area (Å²) in [6.07, 6.45) is 0.358. The van der Waals surface area contributed by atoms with Crippen LogP contribution < -0.4 is 0 Å². The maximum absolute atomic E-state index is 10.7. The van der Waals surface area contributed by atoms with Crippen LogP contribution in [0, 0.1) is 0 Å². The zero-order chi connectivity index (χ0) is 13.8. The van der Waals surface area contributed by atoms with Crippen LogP contribution in [-0.2, 0) is 9.53 Å². The van der Waals surface area contributed by atoms with Gasteiger partial charge in [0, 0.05) is 31.7 Å². The summed E-state index contributed by atoms with van der Waals surface area (Å²) < 4.78 is 5.75. The van der Waals surface area contributed by atoms with Crippen molar-refractivity contribution in [3.8, 4) is 0 Å². The zero-order valence-electron chi connectivity index (χ0n) is 12.0. The molecule has 1 heterocycles. The summed E-state index contributed by atoms with van der Waals surface area (Å²) in [6, 6.07) is 0. The number of carbonyl (C=O) groups is 1. The van der Waals surface area contributed by atoms with E-state index in [-0.39, 0.29) is 18.1 Å². The largest absolute Gasteiger partial charge is 0.481 e. The predicted octanol–water partition coefficient (Wildman–Crippen LogP) is 0.892. The van der Waals surface area contributed by atoms with Gasteiger partial charge >= 0.3 is 5.97 Å². The van der Waals surface area contributed by atoms with Crippen molar-refractivity contribution in [1.82, 2.24) is 9.80 Å². The summed E-state index contributed by atoms with van der Waals surface area (Å²) in [5.41, 5.74) is -0.0329. The van der Waals surface area contributed by atoms with E-state index in [1.54, 1.807) is 0 Å².